The highest BCUT2D eigenvalue weighted by molar-refractivity contribution is 8.02. The van der Waals surface area contributed by atoms with Crippen molar-refractivity contribution in [2.45, 2.75) is 5.50 Å². The molecule has 0 amide bonds. The first-order valence-corrected chi connectivity index (χ1v) is 3.16. The standard InChI is InChI=1S/C3H5N3O2S/c4-3-5(6(7)8)1-2-9-3/h1-3H,4H2. The molecule has 0 saturated heterocycles. The van der Waals surface area contributed by atoms with Crippen LogP contribution in [0.5, 0.6) is 0 Å². The molecule has 50 valence electrons. The third-order valence-electron chi connectivity index (χ3n) is 0.881. The fourth-order valence-electron chi connectivity index (χ4n) is 0.473. The first-order chi connectivity index (χ1) is 4.22. The highest BCUT2D eigenvalue weighted by Gasteiger charge is 2.24. The van der Waals surface area contributed by atoms with Crippen molar-refractivity contribution < 1.29 is 5.03 Å². The van der Waals surface area contributed by atoms with E-state index in [0.717, 1.165) is 5.01 Å². The number of hydrogen-bond donors (Lipinski definition) is 1. The van der Waals surface area contributed by atoms with Crippen molar-refractivity contribution in [1.82, 2.24) is 5.01 Å². The summed E-state index contributed by atoms with van der Waals surface area (Å²) in [5, 5.41) is 11.9. The normalized spacial score (nSPS) is 25.0. The molecule has 1 aliphatic heterocycles. The van der Waals surface area contributed by atoms with Crippen LogP contribution < -0.4 is 5.73 Å². The lowest BCUT2D eigenvalue weighted by molar-refractivity contribution is -0.642. The summed E-state index contributed by atoms with van der Waals surface area (Å²) in [5.41, 5.74) is 4.71. The monoisotopic (exact) mass is 147 g/mol. The molecule has 1 aliphatic rings. The molecule has 1 atom stereocenters. The third-order valence-corrected chi connectivity index (χ3v) is 1.65. The van der Waals surface area contributed by atoms with Gasteiger partial charge in [-0.05, 0) is 5.41 Å². The molecule has 1 heterocycles. The van der Waals surface area contributed by atoms with Crippen LogP contribution in [-0.2, 0) is 0 Å². The van der Waals surface area contributed by atoms with Crippen LogP contribution in [0.2, 0.25) is 0 Å². The van der Waals surface area contributed by atoms with E-state index in [4.69, 9.17) is 5.73 Å². The molecule has 0 spiro atoms. The van der Waals surface area contributed by atoms with Crippen LogP contribution in [0.1, 0.15) is 0 Å². The molecule has 1 unspecified atom stereocenters. The lowest BCUT2D eigenvalue weighted by Crippen LogP contribution is -2.36. The van der Waals surface area contributed by atoms with E-state index in [9.17, 15) is 10.1 Å². The zero-order chi connectivity index (χ0) is 6.85. The van der Waals surface area contributed by atoms with Crippen molar-refractivity contribution in [2.75, 3.05) is 0 Å². The molecule has 0 aromatic carbocycles. The second-order valence-electron chi connectivity index (χ2n) is 1.43. The van der Waals surface area contributed by atoms with Gasteiger partial charge in [-0.3, -0.25) is 5.73 Å². The molecule has 0 aromatic rings. The van der Waals surface area contributed by atoms with Gasteiger partial charge in [0, 0.05) is 0 Å². The van der Waals surface area contributed by atoms with Crippen LogP contribution in [0.25, 0.3) is 0 Å². The minimum atomic E-state index is -0.556. The lowest BCUT2D eigenvalue weighted by atomic mass is 10.9. The summed E-state index contributed by atoms with van der Waals surface area (Å²) in [6.07, 6.45) is 1.34. The van der Waals surface area contributed by atoms with Gasteiger partial charge in [0.1, 0.15) is 0 Å². The third kappa shape index (κ3) is 1.14. The van der Waals surface area contributed by atoms with Gasteiger partial charge < -0.3 is 0 Å². The number of rotatable bonds is 1. The number of thioether (sulfide) groups is 1. The summed E-state index contributed by atoms with van der Waals surface area (Å²) in [7, 11) is 0. The predicted octanol–water partition coefficient (Wildman–Crippen LogP) is -0.0596. The van der Waals surface area contributed by atoms with Gasteiger partial charge in [0.2, 0.25) is 0 Å². The number of nitrogens with two attached hydrogens (primary N) is 1. The Morgan fingerprint density at radius 2 is 2.56 bits per heavy atom. The van der Waals surface area contributed by atoms with Gasteiger partial charge in [0.05, 0.1) is 6.20 Å². The molecule has 0 radical (unpaired) electrons. The molecule has 0 fully saturated rings. The van der Waals surface area contributed by atoms with E-state index in [2.05, 4.69) is 0 Å². The summed E-state index contributed by atoms with van der Waals surface area (Å²) < 4.78 is 0. The smallest absolute Gasteiger partial charge is 0.193 e. The van der Waals surface area contributed by atoms with Crippen LogP contribution in [0.15, 0.2) is 11.6 Å². The van der Waals surface area contributed by atoms with Crippen molar-refractivity contribution >= 4 is 11.8 Å². The summed E-state index contributed by atoms with van der Waals surface area (Å²) in [4.78, 5) is 10.00. The Kier molecular flexibility index (Phi) is 1.58. The second kappa shape index (κ2) is 2.24. The average Bonchev–Trinajstić information content (AvgIpc) is 2.13. The molecule has 6 heteroatoms. The minimum absolute atomic E-state index is 0.541. The molecule has 0 aliphatic carbocycles. The SMILES string of the molecule is NC1SC=CN1[N+](=O)[O-]. The zero-order valence-electron chi connectivity index (χ0n) is 4.43. The van der Waals surface area contributed by atoms with E-state index in [1.165, 1.54) is 18.0 Å². The fraction of sp³-hybridized carbons (Fsp3) is 0.333. The molecular weight excluding hydrogens is 142 g/mol. The Morgan fingerprint density at radius 3 is 2.78 bits per heavy atom. The Labute approximate surface area is 55.6 Å². The molecule has 2 N–H and O–H groups in total. The van der Waals surface area contributed by atoms with Crippen molar-refractivity contribution in [2.24, 2.45) is 5.73 Å². The van der Waals surface area contributed by atoms with Gasteiger partial charge in [-0.2, -0.15) is 0 Å². The Balaban J connectivity index is 2.59. The van der Waals surface area contributed by atoms with E-state index in [1.807, 2.05) is 0 Å². The van der Waals surface area contributed by atoms with Crippen LogP contribution in [0.4, 0.5) is 0 Å². The first kappa shape index (κ1) is 6.37. The van der Waals surface area contributed by atoms with Gasteiger partial charge in [0.15, 0.2) is 10.5 Å². The van der Waals surface area contributed by atoms with E-state index >= 15 is 0 Å². The predicted molar refractivity (Wildman–Crippen MR) is 33.5 cm³/mol. The maximum atomic E-state index is 10.00. The van der Waals surface area contributed by atoms with Gasteiger partial charge in [-0.25, -0.2) is 10.1 Å². The number of hydrogen-bond acceptors (Lipinski definition) is 4. The summed E-state index contributed by atoms with van der Waals surface area (Å²) in [6, 6.07) is 0. The zero-order valence-corrected chi connectivity index (χ0v) is 5.25. The van der Waals surface area contributed by atoms with E-state index < -0.39 is 10.5 Å². The largest absolute Gasteiger partial charge is 0.297 e. The van der Waals surface area contributed by atoms with Gasteiger partial charge in [0.25, 0.3) is 0 Å². The number of nitrogens with zero attached hydrogens (tertiary/aromatic N) is 2. The Morgan fingerprint density at radius 1 is 1.89 bits per heavy atom. The molecule has 5 nitrogen and oxygen atoms in total. The lowest BCUT2D eigenvalue weighted by Gasteiger charge is -2.08. The fourth-order valence-corrected chi connectivity index (χ4v) is 1.10. The van der Waals surface area contributed by atoms with Gasteiger partial charge >= 0.3 is 0 Å². The van der Waals surface area contributed by atoms with Crippen molar-refractivity contribution in [3.63, 3.8) is 0 Å². The minimum Gasteiger partial charge on any atom is -0.297 e. The maximum absolute atomic E-state index is 10.00. The molecular formula is C3H5N3O2S. The van der Waals surface area contributed by atoms with Crippen LogP contribution >= 0.6 is 11.8 Å². The van der Waals surface area contributed by atoms with Crippen LogP contribution in [0.3, 0.4) is 0 Å². The Bertz CT molecular complexity index is 159. The van der Waals surface area contributed by atoms with E-state index in [0.29, 0.717) is 0 Å². The molecule has 0 bridgehead atoms. The highest BCUT2D eigenvalue weighted by Crippen LogP contribution is 2.19. The van der Waals surface area contributed by atoms with Crippen molar-refractivity contribution in [3.8, 4) is 0 Å². The molecule has 0 saturated carbocycles. The molecule has 9 heavy (non-hydrogen) atoms. The van der Waals surface area contributed by atoms with Crippen molar-refractivity contribution in [1.29, 1.82) is 0 Å². The second-order valence-corrected chi connectivity index (χ2v) is 2.46. The van der Waals surface area contributed by atoms with Crippen LogP contribution in [-0.4, -0.2) is 15.5 Å². The van der Waals surface area contributed by atoms with Crippen molar-refractivity contribution in [3.05, 3.63) is 21.7 Å². The number of nitro groups is 1. The topological polar surface area (TPSA) is 72.4 Å². The quantitative estimate of drug-likeness (QED) is 0.415. The Hall–Kier alpha value is -0.750. The molecule has 0 aromatic heterocycles. The van der Waals surface area contributed by atoms with Gasteiger partial charge in [-0.15, -0.1) is 0 Å². The van der Waals surface area contributed by atoms with Gasteiger partial charge in [-0.1, -0.05) is 16.8 Å². The van der Waals surface area contributed by atoms with Crippen LogP contribution in [0, 0.1) is 10.1 Å². The summed E-state index contributed by atoms with van der Waals surface area (Å²) >= 11 is 1.22. The summed E-state index contributed by atoms with van der Waals surface area (Å²) in [5.74, 6) is 0. The van der Waals surface area contributed by atoms with E-state index in [-0.39, 0.29) is 0 Å². The first-order valence-electron chi connectivity index (χ1n) is 2.22. The number of hydrazine groups is 1. The molecule has 1 rings (SSSR count). The maximum Gasteiger partial charge on any atom is 0.193 e. The highest BCUT2D eigenvalue weighted by atomic mass is 32.2. The average molecular weight is 147 g/mol. The van der Waals surface area contributed by atoms with E-state index in [1.54, 1.807) is 5.41 Å². The summed E-state index contributed by atoms with van der Waals surface area (Å²) in [6.45, 7) is 0.